The summed E-state index contributed by atoms with van der Waals surface area (Å²) in [6.07, 6.45) is 2.90. The lowest BCUT2D eigenvalue weighted by Crippen LogP contribution is -2.23. The summed E-state index contributed by atoms with van der Waals surface area (Å²) in [6, 6.07) is 0. The van der Waals surface area contributed by atoms with Gasteiger partial charge in [0, 0.05) is 18.5 Å². The number of carbonyl (C=O) groups is 1. The Morgan fingerprint density at radius 1 is 1.38 bits per heavy atom. The van der Waals surface area contributed by atoms with Gasteiger partial charge in [-0.3, -0.25) is 4.79 Å². The number of hydrogen-bond donors (Lipinski definition) is 0. The van der Waals surface area contributed by atoms with Crippen LogP contribution in [0.2, 0.25) is 0 Å². The van der Waals surface area contributed by atoms with Crippen molar-refractivity contribution in [3.63, 3.8) is 0 Å². The summed E-state index contributed by atoms with van der Waals surface area (Å²) >= 11 is 1.72. The fourth-order valence-corrected chi connectivity index (χ4v) is 3.69. The van der Waals surface area contributed by atoms with Gasteiger partial charge >= 0.3 is 5.97 Å². The van der Waals surface area contributed by atoms with Crippen molar-refractivity contribution in [1.82, 2.24) is 9.88 Å². The predicted octanol–water partition coefficient (Wildman–Crippen LogP) is 2.12. The monoisotopic (exact) mass is 311 g/mol. The number of esters is 1. The molecule has 0 aliphatic heterocycles. The number of thiazole rings is 1. The van der Waals surface area contributed by atoms with E-state index in [-0.39, 0.29) is 11.9 Å². The Balaban J connectivity index is 1.99. The topological polar surface area (TPSA) is 45.7 Å². The van der Waals surface area contributed by atoms with E-state index in [0.717, 1.165) is 43.2 Å². The standard InChI is InChI=1S/C15H25N3O2S/c1-5-20-14(19)11-7-8-12-13(11)16-15(21-12)18(4)10-6-9-17(2)3/h11H,5-10H2,1-4H3. The van der Waals surface area contributed by atoms with Gasteiger partial charge in [-0.2, -0.15) is 0 Å². The van der Waals surface area contributed by atoms with Crippen LogP contribution in [0.25, 0.3) is 0 Å². The quantitative estimate of drug-likeness (QED) is 0.722. The molecule has 1 atom stereocenters. The molecule has 0 bridgehead atoms. The lowest BCUT2D eigenvalue weighted by atomic mass is 10.1. The minimum Gasteiger partial charge on any atom is -0.465 e. The van der Waals surface area contributed by atoms with Crippen molar-refractivity contribution < 1.29 is 9.53 Å². The van der Waals surface area contributed by atoms with Crippen LogP contribution in [0.5, 0.6) is 0 Å². The van der Waals surface area contributed by atoms with Gasteiger partial charge in [-0.15, -0.1) is 11.3 Å². The molecule has 0 saturated carbocycles. The largest absolute Gasteiger partial charge is 0.465 e. The minimum absolute atomic E-state index is 0.122. The zero-order valence-electron chi connectivity index (χ0n) is 13.4. The third-order valence-electron chi connectivity index (χ3n) is 3.70. The minimum atomic E-state index is -0.153. The van der Waals surface area contributed by atoms with Crippen molar-refractivity contribution in [2.75, 3.05) is 45.7 Å². The zero-order valence-corrected chi connectivity index (χ0v) is 14.2. The SMILES string of the molecule is CCOC(=O)C1CCc2sc(N(C)CCCN(C)C)nc21. The van der Waals surface area contributed by atoms with Gasteiger partial charge in [-0.1, -0.05) is 0 Å². The number of anilines is 1. The van der Waals surface area contributed by atoms with Crippen molar-refractivity contribution in [2.45, 2.75) is 32.1 Å². The first kappa shape index (κ1) is 16.2. The van der Waals surface area contributed by atoms with Gasteiger partial charge in [-0.25, -0.2) is 4.98 Å². The second-order valence-electron chi connectivity index (χ2n) is 5.73. The van der Waals surface area contributed by atoms with E-state index in [2.05, 4.69) is 30.9 Å². The van der Waals surface area contributed by atoms with Gasteiger partial charge in [-0.05, 0) is 46.8 Å². The molecule has 0 aromatic carbocycles. The molecule has 1 heterocycles. The highest BCUT2D eigenvalue weighted by Gasteiger charge is 2.33. The van der Waals surface area contributed by atoms with E-state index in [9.17, 15) is 4.79 Å². The Morgan fingerprint density at radius 3 is 2.81 bits per heavy atom. The normalized spacial score (nSPS) is 17.1. The highest BCUT2D eigenvalue weighted by atomic mass is 32.1. The average molecular weight is 311 g/mol. The van der Waals surface area contributed by atoms with Crippen molar-refractivity contribution in [2.24, 2.45) is 0 Å². The molecule has 21 heavy (non-hydrogen) atoms. The lowest BCUT2D eigenvalue weighted by Gasteiger charge is -2.17. The third kappa shape index (κ3) is 3.95. The molecule has 0 radical (unpaired) electrons. The maximum absolute atomic E-state index is 12.0. The van der Waals surface area contributed by atoms with Crippen molar-refractivity contribution in [1.29, 1.82) is 0 Å². The Morgan fingerprint density at radius 2 is 2.14 bits per heavy atom. The number of aromatic nitrogens is 1. The molecule has 1 unspecified atom stereocenters. The number of fused-ring (bicyclic) bond motifs is 1. The molecule has 0 spiro atoms. The molecule has 2 rings (SSSR count). The van der Waals surface area contributed by atoms with E-state index >= 15 is 0 Å². The fourth-order valence-electron chi connectivity index (χ4n) is 2.57. The Bertz CT molecular complexity index is 487. The van der Waals surface area contributed by atoms with E-state index in [1.54, 1.807) is 11.3 Å². The first-order chi connectivity index (χ1) is 10.0. The first-order valence-corrected chi connectivity index (χ1v) is 8.36. The van der Waals surface area contributed by atoms with Gasteiger partial charge in [0.15, 0.2) is 5.13 Å². The van der Waals surface area contributed by atoms with Crippen LogP contribution in [-0.2, 0) is 16.0 Å². The van der Waals surface area contributed by atoms with Crippen LogP contribution in [0, 0.1) is 0 Å². The second kappa shape index (κ2) is 7.22. The highest BCUT2D eigenvalue weighted by Crippen LogP contribution is 2.39. The highest BCUT2D eigenvalue weighted by molar-refractivity contribution is 7.15. The van der Waals surface area contributed by atoms with Crippen LogP contribution in [-0.4, -0.2) is 56.7 Å². The number of nitrogens with zero attached hydrogens (tertiary/aromatic N) is 3. The molecule has 0 amide bonds. The van der Waals surface area contributed by atoms with Crippen molar-refractivity contribution >= 4 is 22.4 Å². The maximum atomic E-state index is 12.0. The van der Waals surface area contributed by atoms with E-state index in [1.165, 1.54) is 4.88 Å². The number of rotatable bonds is 7. The summed E-state index contributed by atoms with van der Waals surface area (Å²) in [7, 11) is 6.24. The van der Waals surface area contributed by atoms with Crippen molar-refractivity contribution in [3.8, 4) is 0 Å². The molecule has 6 heteroatoms. The summed E-state index contributed by atoms with van der Waals surface area (Å²) in [5.74, 6) is -0.275. The Labute approximate surface area is 130 Å². The van der Waals surface area contributed by atoms with Crippen LogP contribution in [0.3, 0.4) is 0 Å². The van der Waals surface area contributed by atoms with E-state index in [1.807, 2.05) is 6.92 Å². The maximum Gasteiger partial charge on any atom is 0.315 e. The lowest BCUT2D eigenvalue weighted by molar-refractivity contribution is -0.145. The summed E-state index contributed by atoms with van der Waals surface area (Å²) in [6.45, 7) is 4.33. The van der Waals surface area contributed by atoms with E-state index in [0.29, 0.717) is 6.61 Å². The summed E-state index contributed by atoms with van der Waals surface area (Å²) < 4.78 is 5.15. The van der Waals surface area contributed by atoms with Gasteiger partial charge in [0.25, 0.3) is 0 Å². The number of aryl methyl sites for hydroxylation is 1. The average Bonchev–Trinajstić information content (AvgIpc) is 2.97. The molecule has 5 nitrogen and oxygen atoms in total. The molecule has 1 aromatic heterocycles. The first-order valence-electron chi connectivity index (χ1n) is 7.55. The smallest absolute Gasteiger partial charge is 0.315 e. The molecular weight excluding hydrogens is 286 g/mol. The van der Waals surface area contributed by atoms with Gasteiger partial charge in [0.1, 0.15) is 5.92 Å². The van der Waals surface area contributed by atoms with Crippen LogP contribution in [0.4, 0.5) is 5.13 Å². The van der Waals surface area contributed by atoms with E-state index in [4.69, 9.17) is 9.72 Å². The second-order valence-corrected chi connectivity index (χ2v) is 6.79. The zero-order chi connectivity index (χ0) is 15.4. The van der Waals surface area contributed by atoms with Crippen molar-refractivity contribution in [3.05, 3.63) is 10.6 Å². The van der Waals surface area contributed by atoms with Gasteiger partial charge in [0.2, 0.25) is 0 Å². The van der Waals surface area contributed by atoms with Gasteiger partial charge in [0.05, 0.1) is 12.3 Å². The molecule has 1 aliphatic rings. The summed E-state index contributed by atoms with van der Waals surface area (Å²) in [5.41, 5.74) is 0.952. The number of ether oxygens (including phenoxy) is 1. The fraction of sp³-hybridized carbons (Fsp3) is 0.733. The molecule has 118 valence electrons. The summed E-state index contributed by atoms with van der Waals surface area (Å²) in [5, 5.41) is 1.02. The number of carbonyl (C=O) groups excluding carboxylic acids is 1. The molecule has 0 N–H and O–H groups in total. The van der Waals surface area contributed by atoms with Crippen LogP contribution in [0.15, 0.2) is 0 Å². The molecule has 1 aromatic rings. The molecule has 0 fully saturated rings. The predicted molar refractivity (Wildman–Crippen MR) is 86.3 cm³/mol. The number of hydrogen-bond acceptors (Lipinski definition) is 6. The van der Waals surface area contributed by atoms with Crippen LogP contribution in [0.1, 0.15) is 36.3 Å². The summed E-state index contributed by atoms with van der Waals surface area (Å²) in [4.78, 5) is 22.3. The Hall–Kier alpha value is -1.14. The van der Waals surface area contributed by atoms with E-state index < -0.39 is 0 Å². The Kier molecular flexibility index (Phi) is 5.58. The molecular formula is C15H25N3O2S. The molecule has 0 saturated heterocycles. The van der Waals surface area contributed by atoms with Gasteiger partial charge < -0.3 is 14.5 Å². The third-order valence-corrected chi connectivity index (χ3v) is 4.95. The van der Waals surface area contributed by atoms with Crippen LogP contribution < -0.4 is 4.90 Å². The van der Waals surface area contributed by atoms with Crippen LogP contribution >= 0.6 is 11.3 Å². The molecule has 1 aliphatic carbocycles.